The van der Waals surface area contributed by atoms with E-state index >= 15 is 0 Å². The molecule has 2 N–H and O–H groups in total. The van der Waals surface area contributed by atoms with Crippen LogP contribution in [-0.4, -0.2) is 47.3 Å². The number of hydrogen-bond donors (Lipinski definition) is 1. The van der Waals surface area contributed by atoms with Crippen LogP contribution >= 0.6 is 0 Å². The second-order valence-corrected chi connectivity index (χ2v) is 4.18. The van der Waals surface area contributed by atoms with Gasteiger partial charge in [-0.05, 0) is 6.42 Å². The Morgan fingerprint density at radius 2 is 2.38 bits per heavy atom. The molecule has 5 nitrogen and oxygen atoms in total. The lowest BCUT2D eigenvalue weighted by Gasteiger charge is -2.29. The van der Waals surface area contributed by atoms with Gasteiger partial charge in [0.1, 0.15) is 0 Å². The first-order chi connectivity index (χ1) is 7.83. The number of aromatic nitrogens is 2. The molecule has 1 saturated heterocycles. The van der Waals surface area contributed by atoms with E-state index in [9.17, 15) is 0 Å². The molecule has 0 aliphatic carbocycles. The van der Waals surface area contributed by atoms with E-state index in [-0.39, 0.29) is 6.04 Å². The van der Waals surface area contributed by atoms with Crippen LogP contribution in [0.1, 0.15) is 18.2 Å². The average molecular weight is 224 g/mol. The minimum absolute atomic E-state index is 0.259. The van der Waals surface area contributed by atoms with Crippen molar-refractivity contribution in [1.29, 1.82) is 0 Å². The maximum absolute atomic E-state index is 5.89. The number of nitrogens with two attached hydrogens (primary N) is 1. The Balaban J connectivity index is 2.12. The van der Waals surface area contributed by atoms with Crippen molar-refractivity contribution in [3.63, 3.8) is 0 Å². The zero-order valence-electron chi connectivity index (χ0n) is 9.80. The van der Waals surface area contributed by atoms with Gasteiger partial charge < -0.3 is 15.0 Å². The van der Waals surface area contributed by atoms with Gasteiger partial charge in [-0.1, -0.05) is 0 Å². The van der Waals surface area contributed by atoms with Gasteiger partial charge >= 0.3 is 0 Å². The summed E-state index contributed by atoms with van der Waals surface area (Å²) >= 11 is 0. The zero-order valence-corrected chi connectivity index (χ0v) is 9.80. The van der Waals surface area contributed by atoms with Crippen molar-refractivity contribution < 1.29 is 4.74 Å². The summed E-state index contributed by atoms with van der Waals surface area (Å²) in [6.07, 6.45) is 4.81. The van der Waals surface area contributed by atoms with Gasteiger partial charge in [-0.3, -0.25) is 4.90 Å². The fraction of sp³-hybridized carbons (Fsp3) is 0.727. The summed E-state index contributed by atoms with van der Waals surface area (Å²) in [6.45, 7) is 4.28. The predicted octanol–water partition coefficient (Wildman–Crippen LogP) is 0.142. The highest BCUT2D eigenvalue weighted by atomic mass is 16.5. The van der Waals surface area contributed by atoms with Crippen molar-refractivity contribution in [2.45, 2.75) is 12.5 Å². The maximum atomic E-state index is 5.89. The van der Waals surface area contributed by atoms with Gasteiger partial charge in [-0.15, -0.1) is 0 Å². The van der Waals surface area contributed by atoms with E-state index in [2.05, 4.69) is 9.88 Å². The largest absolute Gasteiger partial charge is 0.380 e. The number of imidazole rings is 1. The molecule has 1 unspecified atom stereocenters. The Labute approximate surface area is 96.2 Å². The molecule has 16 heavy (non-hydrogen) atoms. The molecule has 1 aliphatic heterocycles. The number of nitrogens with zero attached hydrogens (tertiary/aromatic N) is 3. The third kappa shape index (κ3) is 2.42. The average Bonchev–Trinajstić information content (AvgIpc) is 2.57. The molecule has 0 amide bonds. The molecule has 1 aliphatic rings. The van der Waals surface area contributed by atoms with Gasteiger partial charge in [0.05, 0.1) is 24.7 Å². The first-order valence-corrected chi connectivity index (χ1v) is 5.81. The molecular formula is C11H20N4O. The van der Waals surface area contributed by atoms with E-state index in [0.29, 0.717) is 6.54 Å². The van der Waals surface area contributed by atoms with Gasteiger partial charge in [0.2, 0.25) is 0 Å². The Hall–Kier alpha value is -0.910. The van der Waals surface area contributed by atoms with E-state index in [1.54, 1.807) is 0 Å². The maximum Gasteiger partial charge on any atom is 0.0946 e. The Morgan fingerprint density at radius 3 is 3.06 bits per heavy atom. The van der Waals surface area contributed by atoms with Crippen LogP contribution in [0, 0.1) is 0 Å². The molecule has 1 aromatic heterocycles. The summed E-state index contributed by atoms with van der Waals surface area (Å²) in [5.41, 5.74) is 7.08. The Morgan fingerprint density at radius 1 is 1.50 bits per heavy atom. The van der Waals surface area contributed by atoms with Crippen LogP contribution in [0.3, 0.4) is 0 Å². The van der Waals surface area contributed by atoms with Crippen LogP contribution in [0.15, 0.2) is 12.5 Å². The molecule has 0 bridgehead atoms. The van der Waals surface area contributed by atoms with Crippen molar-refractivity contribution in [1.82, 2.24) is 14.5 Å². The molecule has 0 spiro atoms. The van der Waals surface area contributed by atoms with E-state index in [0.717, 1.165) is 32.7 Å². The number of ether oxygens (including phenoxy) is 1. The molecule has 2 rings (SSSR count). The summed E-state index contributed by atoms with van der Waals surface area (Å²) in [5.74, 6) is 0. The van der Waals surface area contributed by atoms with Crippen LogP contribution in [0.5, 0.6) is 0 Å². The lowest BCUT2D eigenvalue weighted by Crippen LogP contribution is -2.36. The van der Waals surface area contributed by atoms with Crippen LogP contribution in [0.2, 0.25) is 0 Å². The predicted molar refractivity (Wildman–Crippen MR) is 62.0 cm³/mol. The molecular weight excluding hydrogens is 204 g/mol. The van der Waals surface area contributed by atoms with Crippen molar-refractivity contribution in [3.8, 4) is 0 Å². The van der Waals surface area contributed by atoms with E-state index < -0.39 is 0 Å². The van der Waals surface area contributed by atoms with Crippen LogP contribution in [0.4, 0.5) is 0 Å². The molecule has 5 heteroatoms. The lowest BCUT2D eigenvalue weighted by molar-refractivity contribution is 0.131. The lowest BCUT2D eigenvalue weighted by atomic mass is 10.1. The summed E-state index contributed by atoms with van der Waals surface area (Å²) in [4.78, 5) is 6.55. The molecule has 0 aromatic carbocycles. The van der Waals surface area contributed by atoms with Gasteiger partial charge in [0.25, 0.3) is 0 Å². The van der Waals surface area contributed by atoms with Crippen molar-refractivity contribution in [3.05, 3.63) is 18.2 Å². The van der Waals surface area contributed by atoms with E-state index in [4.69, 9.17) is 10.5 Å². The summed E-state index contributed by atoms with van der Waals surface area (Å²) in [5, 5.41) is 0. The van der Waals surface area contributed by atoms with Crippen molar-refractivity contribution in [2.24, 2.45) is 12.8 Å². The van der Waals surface area contributed by atoms with Crippen LogP contribution < -0.4 is 5.73 Å². The Bertz CT molecular complexity index is 318. The van der Waals surface area contributed by atoms with Crippen LogP contribution in [-0.2, 0) is 11.8 Å². The minimum Gasteiger partial charge on any atom is -0.380 e. The molecule has 2 heterocycles. The molecule has 1 fully saturated rings. The van der Waals surface area contributed by atoms with E-state index in [1.807, 2.05) is 24.1 Å². The zero-order chi connectivity index (χ0) is 11.4. The SMILES string of the molecule is Cn1cncc1C(CN)N1CCCOCC1. The normalized spacial score (nSPS) is 20.6. The monoisotopic (exact) mass is 224 g/mol. The molecule has 1 atom stereocenters. The van der Waals surface area contributed by atoms with E-state index in [1.165, 1.54) is 5.69 Å². The highest BCUT2D eigenvalue weighted by molar-refractivity contribution is 5.06. The first-order valence-electron chi connectivity index (χ1n) is 5.81. The van der Waals surface area contributed by atoms with Gasteiger partial charge in [0.15, 0.2) is 0 Å². The minimum atomic E-state index is 0.259. The number of rotatable bonds is 3. The molecule has 90 valence electrons. The highest BCUT2D eigenvalue weighted by Crippen LogP contribution is 2.19. The molecule has 1 aromatic rings. The van der Waals surface area contributed by atoms with Gasteiger partial charge in [-0.25, -0.2) is 4.98 Å². The fourth-order valence-corrected chi connectivity index (χ4v) is 2.22. The van der Waals surface area contributed by atoms with Crippen LogP contribution in [0.25, 0.3) is 0 Å². The van der Waals surface area contributed by atoms with Crippen molar-refractivity contribution >= 4 is 0 Å². The summed E-state index contributed by atoms with van der Waals surface area (Å²) in [6, 6.07) is 0.259. The number of hydrogen-bond acceptors (Lipinski definition) is 4. The topological polar surface area (TPSA) is 56.3 Å². The highest BCUT2D eigenvalue weighted by Gasteiger charge is 2.22. The molecule has 0 saturated carbocycles. The second kappa shape index (κ2) is 5.43. The third-order valence-corrected chi connectivity index (χ3v) is 3.12. The number of aryl methyl sites for hydroxylation is 1. The third-order valence-electron chi connectivity index (χ3n) is 3.12. The summed E-state index contributed by atoms with van der Waals surface area (Å²) in [7, 11) is 2.01. The smallest absolute Gasteiger partial charge is 0.0946 e. The second-order valence-electron chi connectivity index (χ2n) is 4.18. The first kappa shape index (κ1) is 11.6. The fourth-order valence-electron chi connectivity index (χ4n) is 2.22. The standard InChI is InChI=1S/C11H20N4O/c1-14-9-13-8-11(14)10(7-12)15-3-2-5-16-6-4-15/h8-10H,2-7,12H2,1H3. The molecule has 0 radical (unpaired) electrons. The van der Waals surface area contributed by atoms with Crippen molar-refractivity contribution in [2.75, 3.05) is 32.8 Å². The Kier molecular flexibility index (Phi) is 3.93. The summed E-state index contributed by atoms with van der Waals surface area (Å²) < 4.78 is 7.51. The van der Waals surface area contributed by atoms with Gasteiger partial charge in [0, 0.05) is 39.5 Å². The quantitative estimate of drug-likeness (QED) is 0.793. The van der Waals surface area contributed by atoms with Gasteiger partial charge in [-0.2, -0.15) is 0 Å².